The standard InChI is InChI=1S/C25H35N5O5S2/c1-5-12-30(13-6-2)37(34,35)18-9-7-17(8-10-18)22(31)27-24-21(23(32)28-25(26)33)19-11-14-29(16(3)4)15-20(19)36-24/h7-10,16H,5-6,11-15H2,1-4H3,(H,27,31)(H3,26,28,32,33). The number of amides is 4. The second-order valence-electron chi connectivity index (χ2n) is 9.22. The number of imide groups is 1. The van der Waals surface area contributed by atoms with Crippen molar-refractivity contribution in [1.82, 2.24) is 14.5 Å². The van der Waals surface area contributed by atoms with E-state index in [1.807, 2.05) is 13.8 Å². The average molecular weight is 550 g/mol. The number of anilines is 1. The highest BCUT2D eigenvalue weighted by atomic mass is 32.2. The molecule has 0 radical (unpaired) electrons. The van der Waals surface area contributed by atoms with Crippen molar-refractivity contribution >= 4 is 44.2 Å². The highest BCUT2D eigenvalue weighted by molar-refractivity contribution is 7.89. The zero-order chi connectivity index (χ0) is 27.3. The molecule has 2 heterocycles. The van der Waals surface area contributed by atoms with Crippen LogP contribution in [0.4, 0.5) is 9.80 Å². The first kappa shape index (κ1) is 28.8. The molecule has 202 valence electrons. The molecular formula is C25H35N5O5S2. The molecule has 0 saturated carbocycles. The molecule has 2 aromatic rings. The average Bonchev–Trinajstić information content (AvgIpc) is 3.20. The lowest BCUT2D eigenvalue weighted by Gasteiger charge is -2.30. The second kappa shape index (κ2) is 12.2. The van der Waals surface area contributed by atoms with Gasteiger partial charge in [0.1, 0.15) is 5.00 Å². The van der Waals surface area contributed by atoms with Gasteiger partial charge in [0.05, 0.1) is 10.5 Å². The number of fused-ring (bicyclic) bond motifs is 1. The minimum atomic E-state index is -3.67. The van der Waals surface area contributed by atoms with Crippen LogP contribution in [0.25, 0.3) is 0 Å². The van der Waals surface area contributed by atoms with Crippen LogP contribution < -0.4 is 16.4 Å². The fourth-order valence-electron chi connectivity index (χ4n) is 4.32. The minimum Gasteiger partial charge on any atom is -0.351 e. The van der Waals surface area contributed by atoms with Crippen molar-refractivity contribution in [2.45, 2.75) is 64.4 Å². The third kappa shape index (κ3) is 6.56. The monoisotopic (exact) mass is 549 g/mol. The summed E-state index contributed by atoms with van der Waals surface area (Å²) in [5, 5.41) is 5.23. The highest BCUT2D eigenvalue weighted by Crippen LogP contribution is 2.38. The van der Waals surface area contributed by atoms with Gasteiger partial charge in [-0.1, -0.05) is 13.8 Å². The summed E-state index contributed by atoms with van der Waals surface area (Å²) in [6.45, 7) is 10.2. The van der Waals surface area contributed by atoms with Crippen molar-refractivity contribution in [2.24, 2.45) is 5.73 Å². The molecule has 1 aromatic heterocycles. The van der Waals surface area contributed by atoms with Gasteiger partial charge in [-0.2, -0.15) is 4.31 Å². The fourth-order valence-corrected chi connectivity index (χ4v) is 7.21. The molecule has 0 aliphatic carbocycles. The van der Waals surface area contributed by atoms with Gasteiger partial charge in [-0.05, 0) is 62.9 Å². The summed E-state index contributed by atoms with van der Waals surface area (Å²) >= 11 is 1.29. The molecule has 4 amide bonds. The lowest BCUT2D eigenvalue weighted by molar-refractivity contribution is 0.0965. The Labute approximate surface area is 222 Å². The van der Waals surface area contributed by atoms with E-state index in [0.29, 0.717) is 49.9 Å². The Kier molecular flexibility index (Phi) is 9.46. The lowest BCUT2D eigenvalue weighted by atomic mass is 10.0. The number of nitrogens with zero attached hydrogens (tertiary/aromatic N) is 2. The molecule has 0 spiro atoms. The molecule has 4 N–H and O–H groups in total. The Bertz CT molecular complexity index is 1250. The molecule has 0 unspecified atom stereocenters. The SMILES string of the molecule is CCCN(CCC)S(=O)(=O)c1ccc(C(=O)Nc2sc3c(c2C(=O)NC(N)=O)CCN(C(C)C)C3)cc1. The molecule has 1 aromatic carbocycles. The summed E-state index contributed by atoms with van der Waals surface area (Å²) in [7, 11) is -3.67. The molecular weight excluding hydrogens is 514 g/mol. The van der Waals surface area contributed by atoms with Crippen LogP contribution in [0.15, 0.2) is 29.2 Å². The lowest BCUT2D eigenvalue weighted by Crippen LogP contribution is -2.38. The van der Waals surface area contributed by atoms with Crippen LogP contribution in [0.1, 0.15) is 71.7 Å². The van der Waals surface area contributed by atoms with Gasteiger partial charge in [0, 0.05) is 42.7 Å². The van der Waals surface area contributed by atoms with Crippen LogP contribution >= 0.6 is 11.3 Å². The van der Waals surface area contributed by atoms with Crippen LogP contribution in [0.2, 0.25) is 0 Å². The Morgan fingerprint density at radius 1 is 1.08 bits per heavy atom. The van der Waals surface area contributed by atoms with Crippen molar-refractivity contribution in [3.8, 4) is 0 Å². The molecule has 0 fully saturated rings. The smallest absolute Gasteiger partial charge is 0.319 e. The number of primary amides is 1. The predicted molar refractivity (Wildman–Crippen MR) is 144 cm³/mol. The van der Waals surface area contributed by atoms with Crippen molar-refractivity contribution in [2.75, 3.05) is 25.0 Å². The normalized spacial score (nSPS) is 14.0. The van der Waals surface area contributed by atoms with Crippen molar-refractivity contribution in [3.05, 3.63) is 45.8 Å². The summed E-state index contributed by atoms with van der Waals surface area (Å²) in [4.78, 5) is 40.6. The topological polar surface area (TPSA) is 142 Å². The third-order valence-corrected chi connectivity index (χ3v) is 9.25. The van der Waals surface area contributed by atoms with E-state index in [2.05, 4.69) is 29.4 Å². The molecule has 1 aliphatic rings. The van der Waals surface area contributed by atoms with Crippen LogP contribution in [0, 0.1) is 0 Å². The zero-order valence-electron chi connectivity index (χ0n) is 21.7. The summed E-state index contributed by atoms with van der Waals surface area (Å²) < 4.78 is 27.5. The van der Waals surface area contributed by atoms with Gasteiger partial charge in [-0.15, -0.1) is 11.3 Å². The first-order valence-corrected chi connectivity index (χ1v) is 14.7. The van der Waals surface area contributed by atoms with Crippen molar-refractivity contribution in [1.29, 1.82) is 0 Å². The number of urea groups is 1. The van der Waals surface area contributed by atoms with E-state index in [1.165, 1.54) is 39.9 Å². The molecule has 0 saturated heterocycles. The maximum atomic E-state index is 13.1. The Morgan fingerprint density at radius 2 is 1.70 bits per heavy atom. The summed E-state index contributed by atoms with van der Waals surface area (Å²) in [5.41, 5.74) is 6.45. The third-order valence-electron chi connectivity index (χ3n) is 6.21. The van der Waals surface area contributed by atoms with Gasteiger partial charge in [0.25, 0.3) is 11.8 Å². The molecule has 37 heavy (non-hydrogen) atoms. The number of carbonyl (C=O) groups is 3. The second-order valence-corrected chi connectivity index (χ2v) is 12.3. The van der Waals surface area contributed by atoms with Gasteiger partial charge in [0.2, 0.25) is 10.0 Å². The van der Waals surface area contributed by atoms with Crippen LogP contribution in [0.3, 0.4) is 0 Å². The van der Waals surface area contributed by atoms with E-state index >= 15 is 0 Å². The maximum absolute atomic E-state index is 13.1. The number of carbonyl (C=O) groups excluding carboxylic acids is 3. The van der Waals surface area contributed by atoms with E-state index in [0.717, 1.165) is 17.0 Å². The maximum Gasteiger partial charge on any atom is 0.319 e. The van der Waals surface area contributed by atoms with E-state index < -0.39 is 27.9 Å². The molecule has 0 atom stereocenters. The van der Waals surface area contributed by atoms with Gasteiger partial charge in [-0.25, -0.2) is 13.2 Å². The number of hydrogen-bond donors (Lipinski definition) is 3. The molecule has 12 heteroatoms. The number of benzene rings is 1. The fraction of sp³-hybridized carbons (Fsp3) is 0.480. The minimum absolute atomic E-state index is 0.118. The van der Waals surface area contributed by atoms with Crippen molar-refractivity contribution in [3.63, 3.8) is 0 Å². The van der Waals surface area contributed by atoms with Gasteiger partial charge >= 0.3 is 6.03 Å². The van der Waals surface area contributed by atoms with Gasteiger partial charge < -0.3 is 11.1 Å². The molecule has 0 bridgehead atoms. The Balaban J connectivity index is 1.88. The van der Waals surface area contributed by atoms with E-state index in [4.69, 9.17) is 5.73 Å². The highest BCUT2D eigenvalue weighted by Gasteiger charge is 2.30. The first-order chi connectivity index (χ1) is 17.5. The van der Waals surface area contributed by atoms with Gasteiger partial charge in [-0.3, -0.25) is 19.8 Å². The Hall–Kier alpha value is -2.80. The number of hydrogen-bond acceptors (Lipinski definition) is 7. The molecule has 10 nitrogen and oxygen atoms in total. The van der Waals surface area contributed by atoms with E-state index in [9.17, 15) is 22.8 Å². The van der Waals surface area contributed by atoms with Crippen molar-refractivity contribution < 1.29 is 22.8 Å². The quantitative estimate of drug-likeness (QED) is 0.415. The number of rotatable bonds is 10. The summed E-state index contributed by atoms with van der Waals surface area (Å²) in [6, 6.07) is 5.09. The summed E-state index contributed by atoms with van der Waals surface area (Å²) in [5.74, 6) is -1.15. The summed E-state index contributed by atoms with van der Waals surface area (Å²) in [6.07, 6.45) is 2.00. The van der Waals surface area contributed by atoms with Crippen LogP contribution in [-0.4, -0.2) is 61.1 Å². The molecule has 1 aliphatic heterocycles. The molecule has 3 rings (SSSR count). The predicted octanol–water partition coefficient (Wildman–Crippen LogP) is 3.39. The largest absolute Gasteiger partial charge is 0.351 e. The van der Waals surface area contributed by atoms with Gasteiger partial charge in [0.15, 0.2) is 0 Å². The number of sulfonamides is 1. The Morgan fingerprint density at radius 3 is 2.24 bits per heavy atom. The number of nitrogens with one attached hydrogen (secondary N) is 2. The van der Waals surface area contributed by atoms with E-state index in [1.54, 1.807) is 0 Å². The van der Waals surface area contributed by atoms with Crippen LogP contribution in [-0.2, 0) is 23.0 Å². The zero-order valence-corrected chi connectivity index (χ0v) is 23.3. The van der Waals surface area contributed by atoms with Crippen LogP contribution in [0.5, 0.6) is 0 Å². The van der Waals surface area contributed by atoms with E-state index in [-0.39, 0.29) is 16.0 Å². The number of thiophene rings is 1. The number of nitrogens with two attached hydrogens (primary N) is 1. The first-order valence-electron chi connectivity index (χ1n) is 12.4.